The van der Waals surface area contributed by atoms with Crippen LogP contribution in [0.2, 0.25) is 0 Å². The van der Waals surface area contributed by atoms with Gasteiger partial charge in [0.05, 0.1) is 23.7 Å². The highest BCUT2D eigenvalue weighted by Gasteiger charge is 2.16. The van der Waals surface area contributed by atoms with Crippen molar-refractivity contribution in [2.75, 3.05) is 26.7 Å². The van der Waals surface area contributed by atoms with Gasteiger partial charge in [0, 0.05) is 23.9 Å². The van der Waals surface area contributed by atoms with Gasteiger partial charge in [0.2, 0.25) is 0 Å². The van der Waals surface area contributed by atoms with Gasteiger partial charge in [-0.25, -0.2) is 4.98 Å². The fourth-order valence-electron chi connectivity index (χ4n) is 1.77. The lowest BCUT2D eigenvalue weighted by Gasteiger charge is -2.18. The minimum absolute atomic E-state index is 0.0443. The fraction of sp³-hybridized carbons (Fsp3) is 0.667. The van der Waals surface area contributed by atoms with Crippen LogP contribution in [0.15, 0.2) is 0 Å². The molecule has 0 saturated heterocycles. The summed E-state index contributed by atoms with van der Waals surface area (Å²) in [5, 5.41) is 18.6. The Morgan fingerprint density at radius 3 is 2.78 bits per heavy atom. The Kier molecular flexibility index (Phi) is 5.71. The number of carboxylic acid groups (broad SMARTS) is 1. The predicted octanol–water partition coefficient (Wildman–Crippen LogP) is 1.11. The van der Waals surface area contributed by atoms with E-state index >= 15 is 0 Å². The Morgan fingerprint density at radius 2 is 2.22 bits per heavy atom. The van der Waals surface area contributed by atoms with E-state index in [-0.39, 0.29) is 18.9 Å². The molecule has 0 aromatic carbocycles. The van der Waals surface area contributed by atoms with Gasteiger partial charge < -0.3 is 15.1 Å². The van der Waals surface area contributed by atoms with Crippen molar-refractivity contribution >= 4 is 17.3 Å². The molecular formula is C12H20N2O3S. The lowest BCUT2D eigenvalue weighted by atomic mass is 10.2. The molecule has 5 nitrogen and oxygen atoms in total. The van der Waals surface area contributed by atoms with E-state index in [0.29, 0.717) is 6.54 Å². The number of rotatable bonds is 7. The zero-order chi connectivity index (χ0) is 13.7. The van der Waals surface area contributed by atoms with Crippen molar-refractivity contribution in [2.24, 2.45) is 0 Å². The average Bonchev–Trinajstić information content (AvgIpc) is 2.60. The Hall–Kier alpha value is -0.980. The molecule has 6 heteroatoms. The molecule has 0 fully saturated rings. The number of carbonyl (C=O) groups is 1. The predicted molar refractivity (Wildman–Crippen MR) is 71.2 cm³/mol. The molecule has 0 aliphatic carbocycles. The Bertz CT molecular complexity index is 406. The first-order chi connectivity index (χ1) is 8.43. The van der Waals surface area contributed by atoms with E-state index in [1.165, 1.54) is 11.3 Å². The number of carboxylic acids is 1. The first kappa shape index (κ1) is 15.1. The van der Waals surface area contributed by atoms with E-state index in [2.05, 4.69) is 11.9 Å². The highest BCUT2D eigenvalue weighted by atomic mass is 32.1. The van der Waals surface area contributed by atoms with E-state index in [4.69, 9.17) is 10.2 Å². The zero-order valence-corrected chi connectivity index (χ0v) is 11.8. The molecule has 0 aliphatic heterocycles. The quantitative estimate of drug-likeness (QED) is 0.777. The third-order valence-electron chi connectivity index (χ3n) is 2.71. The summed E-state index contributed by atoms with van der Waals surface area (Å²) < 4.78 is 0. The van der Waals surface area contributed by atoms with Crippen molar-refractivity contribution in [3.63, 3.8) is 0 Å². The summed E-state index contributed by atoms with van der Waals surface area (Å²) in [5.41, 5.74) is 0.814. The van der Waals surface area contributed by atoms with Crippen LogP contribution >= 0.6 is 11.3 Å². The third kappa shape index (κ3) is 4.36. The molecule has 102 valence electrons. The lowest BCUT2D eigenvalue weighted by Crippen LogP contribution is -2.26. The number of hydrogen-bond donors (Lipinski definition) is 2. The van der Waals surface area contributed by atoms with Crippen molar-refractivity contribution in [3.8, 4) is 0 Å². The number of likely N-dealkylation sites (N-methyl/N-ethyl adjacent to an activating group) is 1. The minimum atomic E-state index is -0.821. The van der Waals surface area contributed by atoms with Crippen LogP contribution < -0.4 is 0 Å². The van der Waals surface area contributed by atoms with Gasteiger partial charge in [0.15, 0.2) is 0 Å². The van der Waals surface area contributed by atoms with Crippen molar-refractivity contribution in [2.45, 2.75) is 26.2 Å². The molecule has 1 aromatic rings. The maximum absolute atomic E-state index is 10.7. The number of aromatic nitrogens is 1. The minimum Gasteiger partial charge on any atom is -0.481 e. The number of aryl methyl sites for hydroxylation is 1. The fourth-order valence-corrected chi connectivity index (χ4v) is 2.87. The van der Waals surface area contributed by atoms with Crippen molar-refractivity contribution in [3.05, 3.63) is 15.6 Å². The monoisotopic (exact) mass is 272 g/mol. The molecule has 1 atom stereocenters. The Labute approximate surface area is 111 Å². The molecule has 0 spiro atoms. The second kappa shape index (κ2) is 6.82. The van der Waals surface area contributed by atoms with E-state index in [1.54, 1.807) is 0 Å². The molecule has 1 heterocycles. The Morgan fingerprint density at radius 1 is 1.56 bits per heavy atom. The second-order valence-electron chi connectivity index (χ2n) is 4.52. The van der Waals surface area contributed by atoms with Gasteiger partial charge in [-0.3, -0.25) is 4.79 Å². The maximum atomic E-state index is 10.7. The van der Waals surface area contributed by atoms with Crippen molar-refractivity contribution in [1.29, 1.82) is 0 Å². The summed E-state index contributed by atoms with van der Waals surface area (Å²) in [4.78, 5) is 18.0. The highest BCUT2D eigenvalue weighted by molar-refractivity contribution is 7.11. The van der Waals surface area contributed by atoms with E-state index in [0.717, 1.165) is 22.1 Å². The van der Waals surface area contributed by atoms with Gasteiger partial charge >= 0.3 is 5.97 Å². The van der Waals surface area contributed by atoms with Gasteiger partial charge in [0.25, 0.3) is 0 Å². The van der Waals surface area contributed by atoms with Gasteiger partial charge in [-0.2, -0.15) is 0 Å². The standard InChI is InChI=1S/C12H20N2O3S/c1-8(7-14(3)4-5-15)12-13-9(2)10(18-12)6-11(16)17/h8,15H,4-7H2,1-3H3,(H,16,17). The SMILES string of the molecule is Cc1nc(C(C)CN(C)CCO)sc1CC(=O)O. The number of aliphatic hydroxyl groups is 1. The summed E-state index contributed by atoms with van der Waals surface area (Å²) in [6.07, 6.45) is 0.0443. The molecule has 1 aromatic heterocycles. The summed E-state index contributed by atoms with van der Waals surface area (Å²) in [7, 11) is 1.95. The largest absolute Gasteiger partial charge is 0.481 e. The molecule has 1 rings (SSSR count). The van der Waals surface area contributed by atoms with Crippen molar-refractivity contribution < 1.29 is 15.0 Å². The highest BCUT2D eigenvalue weighted by Crippen LogP contribution is 2.25. The van der Waals surface area contributed by atoms with Crippen LogP contribution in [0.25, 0.3) is 0 Å². The molecular weight excluding hydrogens is 252 g/mol. The molecule has 0 amide bonds. The third-order valence-corrected chi connectivity index (χ3v) is 4.10. The first-order valence-electron chi connectivity index (χ1n) is 5.91. The normalized spacial score (nSPS) is 12.9. The van der Waals surface area contributed by atoms with Crippen LogP contribution in [0, 0.1) is 6.92 Å². The summed E-state index contributed by atoms with van der Waals surface area (Å²) in [6, 6.07) is 0. The summed E-state index contributed by atoms with van der Waals surface area (Å²) >= 11 is 1.47. The number of hydrogen-bond acceptors (Lipinski definition) is 5. The molecule has 0 aliphatic rings. The smallest absolute Gasteiger partial charge is 0.308 e. The van der Waals surface area contributed by atoms with Crippen LogP contribution in [-0.2, 0) is 11.2 Å². The molecule has 18 heavy (non-hydrogen) atoms. The summed E-state index contributed by atoms with van der Waals surface area (Å²) in [5.74, 6) is -0.578. The van der Waals surface area contributed by atoms with E-state index in [9.17, 15) is 4.79 Å². The second-order valence-corrected chi connectivity index (χ2v) is 5.63. The van der Waals surface area contributed by atoms with Crippen LogP contribution in [0.3, 0.4) is 0 Å². The van der Waals surface area contributed by atoms with Crippen LogP contribution in [-0.4, -0.2) is 52.8 Å². The van der Waals surface area contributed by atoms with Crippen LogP contribution in [0.5, 0.6) is 0 Å². The number of aliphatic hydroxyl groups excluding tert-OH is 1. The van der Waals surface area contributed by atoms with E-state index in [1.807, 2.05) is 18.9 Å². The van der Waals surface area contributed by atoms with Crippen molar-refractivity contribution in [1.82, 2.24) is 9.88 Å². The number of aliphatic carboxylic acids is 1. The zero-order valence-electron chi connectivity index (χ0n) is 11.0. The topological polar surface area (TPSA) is 73.7 Å². The lowest BCUT2D eigenvalue weighted by molar-refractivity contribution is -0.136. The van der Waals surface area contributed by atoms with E-state index < -0.39 is 5.97 Å². The maximum Gasteiger partial charge on any atom is 0.308 e. The molecule has 1 unspecified atom stereocenters. The molecule has 0 radical (unpaired) electrons. The Balaban J connectivity index is 2.68. The number of nitrogens with zero attached hydrogens (tertiary/aromatic N) is 2. The number of thiazole rings is 1. The van der Waals surface area contributed by atoms with Gasteiger partial charge in [-0.15, -0.1) is 11.3 Å². The van der Waals surface area contributed by atoms with Crippen LogP contribution in [0.4, 0.5) is 0 Å². The van der Waals surface area contributed by atoms with Gasteiger partial charge in [0.1, 0.15) is 0 Å². The van der Waals surface area contributed by atoms with Gasteiger partial charge in [-0.1, -0.05) is 6.92 Å². The average molecular weight is 272 g/mol. The van der Waals surface area contributed by atoms with Crippen LogP contribution in [0.1, 0.15) is 28.4 Å². The summed E-state index contributed by atoms with van der Waals surface area (Å²) in [6.45, 7) is 5.50. The molecule has 0 bridgehead atoms. The first-order valence-corrected chi connectivity index (χ1v) is 6.73. The molecule has 0 saturated carbocycles. The molecule has 2 N–H and O–H groups in total. The van der Waals surface area contributed by atoms with Gasteiger partial charge in [-0.05, 0) is 14.0 Å².